The first-order chi connectivity index (χ1) is 12.6. The molecular weight excluding hydrogens is 370 g/mol. The predicted octanol–water partition coefficient (Wildman–Crippen LogP) is 2.81. The molecule has 1 unspecified atom stereocenters. The minimum Gasteiger partial charge on any atom is -0.467 e. The van der Waals surface area contributed by atoms with Crippen molar-refractivity contribution in [2.24, 2.45) is 0 Å². The van der Waals surface area contributed by atoms with Crippen LogP contribution in [0.15, 0.2) is 12.2 Å². The van der Waals surface area contributed by atoms with Gasteiger partial charge >= 0.3 is 12.1 Å². The summed E-state index contributed by atoms with van der Waals surface area (Å²) < 4.78 is 9.82. The SMILES string of the molecule is COC(=O)[C@H](CSC1CCC(=O)C1)NC(=O)OC(C)(C)C.O=C1C=CCC1. The minimum absolute atomic E-state index is 0.213. The molecule has 0 heterocycles. The summed E-state index contributed by atoms with van der Waals surface area (Å²) in [5.41, 5.74) is -0.629. The monoisotopic (exact) mass is 399 g/mol. The molecule has 0 radical (unpaired) electrons. The molecule has 1 saturated carbocycles. The van der Waals surface area contributed by atoms with Crippen LogP contribution < -0.4 is 5.32 Å². The van der Waals surface area contributed by atoms with E-state index in [2.05, 4.69) is 5.32 Å². The van der Waals surface area contributed by atoms with E-state index in [0.717, 1.165) is 19.3 Å². The van der Waals surface area contributed by atoms with Gasteiger partial charge in [0.05, 0.1) is 7.11 Å². The lowest BCUT2D eigenvalue weighted by Gasteiger charge is -2.23. The summed E-state index contributed by atoms with van der Waals surface area (Å²) in [5.74, 6) is 0.374. The lowest BCUT2D eigenvalue weighted by atomic mass is 10.2. The molecule has 1 fully saturated rings. The maximum atomic E-state index is 11.7. The first kappa shape index (κ1) is 23.2. The largest absolute Gasteiger partial charge is 0.467 e. The molecule has 8 heteroatoms. The second-order valence-electron chi connectivity index (χ2n) is 7.37. The lowest BCUT2D eigenvalue weighted by molar-refractivity contribution is -0.142. The Bertz CT molecular complexity index is 581. The summed E-state index contributed by atoms with van der Waals surface area (Å²) in [6.07, 6.45) is 6.54. The topological polar surface area (TPSA) is 98.8 Å². The van der Waals surface area contributed by atoms with Crippen LogP contribution in [0.5, 0.6) is 0 Å². The number of amides is 1. The fraction of sp³-hybridized carbons (Fsp3) is 0.684. The van der Waals surface area contributed by atoms with E-state index in [9.17, 15) is 19.2 Å². The van der Waals surface area contributed by atoms with E-state index >= 15 is 0 Å². The molecule has 0 aromatic rings. The smallest absolute Gasteiger partial charge is 0.408 e. The molecule has 27 heavy (non-hydrogen) atoms. The Morgan fingerprint density at radius 2 is 2.00 bits per heavy atom. The third-order valence-corrected chi connectivity index (χ3v) is 5.14. The van der Waals surface area contributed by atoms with Gasteiger partial charge in [0.25, 0.3) is 0 Å². The Balaban J connectivity index is 0.000000511. The molecule has 0 bridgehead atoms. The number of methoxy groups -OCH3 is 1. The van der Waals surface area contributed by atoms with Gasteiger partial charge in [-0.3, -0.25) is 9.59 Å². The van der Waals surface area contributed by atoms with E-state index < -0.39 is 23.7 Å². The number of thioether (sulfide) groups is 1. The van der Waals surface area contributed by atoms with Gasteiger partial charge in [-0.15, -0.1) is 0 Å². The average Bonchev–Trinajstić information content (AvgIpc) is 3.20. The average molecular weight is 400 g/mol. The molecular formula is C19H29NO6S. The molecule has 0 aromatic carbocycles. The van der Waals surface area contributed by atoms with Crippen molar-refractivity contribution in [3.05, 3.63) is 12.2 Å². The fourth-order valence-electron chi connectivity index (χ4n) is 2.44. The number of rotatable bonds is 5. The van der Waals surface area contributed by atoms with Crippen molar-refractivity contribution in [1.29, 1.82) is 0 Å². The summed E-state index contributed by atoms with van der Waals surface area (Å²) in [4.78, 5) is 44.8. The molecule has 0 aromatic heterocycles. The van der Waals surface area contributed by atoms with E-state index in [1.807, 2.05) is 6.08 Å². The Labute approximate surface area is 164 Å². The van der Waals surface area contributed by atoms with Crippen LogP contribution >= 0.6 is 11.8 Å². The molecule has 0 spiro atoms. The molecule has 0 aliphatic heterocycles. The molecule has 152 valence electrons. The Morgan fingerprint density at radius 1 is 1.30 bits per heavy atom. The van der Waals surface area contributed by atoms with Crippen LogP contribution in [-0.2, 0) is 23.9 Å². The minimum atomic E-state index is -0.773. The summed E-state index contributed by atoms with van der Waals surface area (Å²) in [5, 5.41) is 2.73. The summed E-state index contributed by atoms with van der Waals surface area (Å²) >= 11 is 1.51. The Kier molecular flexibility index (Phi) is 9.55. The number of Topliss-reactive ketones (excluding diaryl/α,β-unsaturated/α-hetero) is 1. The van der Waals surface area contributed by atoms with Gasteiger partial charge in [0.1, 0.15) is 17.4 Å². The van der Waals surface area contributed by atoms with Crippen molar-refractivity contribution in [3.8, 4) is 0 Å². The van der Waals surface area contributed by atoms with Crippen LogP contribution in [0.1, 0.15) is 52.9 Å². The first-order valence-electron chi connectivity index (χ1n) is 9.00. The standard InChI is InChI=1S/C14H23NO5S.C5H6O/c1-14(2,3)20-13(18)15-11(12(17)19-4)8-21-10-6-5-9(16)7-10;6-5-3-1-2-4-5/h10-11H,5-8H2,1-4H3,(H,15,18);1,3H,2,4H2/t10?,11-;/m0./s1. The zero-order valence-corrected chi connectivity index (χ0v) is 17.2. The van der Waals surface area contributed by atoms with Gasteiger partial charge in [-0.1, -0.05) is 6.08 Å². The van der Waals surface area contributed by atoms with E-state index in [4.69, 9.17) is 9.47 Å². The first-order valence-corrected chi connectivity index (χ1v) is 10.1. The molecule has 2 aliphatic rings. The summed E-state index contributed by atoms with van der Waals surface area (Å²) in [6.45, 7) is 5.25. The van der Waals surface area contributed by atoms with Gasteiger partial charge in [-0.25, -0.2) is 9.59 Å². The number of nitrogens with one attached hydrogen (secondary N) is 1. The molecule has 2 aliphatic carbocycles. The lowest BCUT2D eigenvalue weighted by Crippen LogP contribution is -2.45. The van der Waals surface area contributed by atoms with Gasteiger partial charge in [0.2, 0.25) is 0 Å². The van der Waals surface area contributed by atoms with Crippen LogP contribution in [-0.4, -0.2) is 53.4 Å². The second-order valence-corrected chi connectivity index (χ2v) is 8.70. The molecule has 1 amide bonds. The van der Waals surface area contributed by atoms with E-state index in [0.29, 0.717) is 18.6 Å². The number of hydrogen-bond donors (Lipinski definition) is 1. The molecule has 2 atom stereocenters. The summed E-state index contributed by atoms with van der Waals surface area (Å²) in [6, 6.07) is -0.773. The maximum absolute atomic E-state index is 11.7. The van der Waals surface area contributed by atoms with E-state index in [1.54, 1.807) is 26.8 Å². The quantitative estimate of drug-likeness (QED) is 0.710. The maximum Gasteiger partial charge on any atom is 0.408 e. The zero-order chi connectivity index (χ0) is 20.4. The number of esters is 1. The van der Waals surface area contributed by atoms with Gasteiger partial charge in [-0.05, 0) is 39.7 Å². The summed E-state index contributed by atoms with van der Waals surface area (Å²) in [7, 11) is 1.27. The number of allylic oxidation sites excluding steroid dienone is 2. The van der Waals surface area contributed by atoms with Gasteiger partial charge < -0.3 is 14.8 Å². The van der Waals surface area contributed by atoms with Crippen molar-refractivity contribution in [2.75, 3.05) is 12.9 Å². The molecule has 0 saturated heterocycles. The van der Waals surface area contributed by atoms with Crippen LogP contribution in [0.25, 0.3) is 0 Å². The Morgan fingerprint density at radius 3 is 2.41 bits per heavy atom. The van der Waals surface area contributed by atoms with Crippen molar-refractivity contribution in [2.45, 2.75) is 69.8 Å². The Hall–Kier alpha value is -1.83. The van der Waals surface area contributed by atoms with Crippen LogP contribution in [0.4, 0.5) is 4.79 Å². The number of hydrogen-bond acceptors (Lipinski definition) is 7. The van der Waals surface area contributed by atoms with Crippen molar-refractivity contribution < 1.29 is 28.7 Å². The number of carbonyl (C=O) groups is 4. The normalized spacial score (nSPS) is 19.9. The highest BCUT2D eigenvalue weighted by Gasteiger charge is 2.28. The third kappa shape index (κ3) is 10.2. The second kappa shape index (κ2) is 11.1. The highest BCUT2D eigenvalue weighted by molar-refractivity contribution is 8.00. The van der Waals surface area contributed by atoms with Crippen LogP contribution in [0.2, 0.25) is 0 Å². The van der Waals surface area contributed by atoms with Gasteiger partial charge in [0, 0.05) is 30.3 Å². The fourth-order valence-corrected chi connectivity index (χ4v) is 3.71. The van der Waals surface area contributed by atoms with Crippen LogP contribution in [0.3, 0.4) is 0 Å². The molecule has 1 N–H and O–H groups in total. The molecule has 2 rings (SSSR count). The number of alkyl carbamates (subject to hydrolysis) is 1. The number of carbonyl (C=O) groups excluding carboxylic acids is 4. The number of ether oxygens (including phenoxy) is 2. The highest BCUT2D eigenvalue weighted by atomic mass is 32.2. The van der Waals surface area contributed by atoms with Crippen LogP contribution in [0, 0.1) is 0 Å². The van der Waals surface area contributed by atoms with Crippen molar-refractivity contribution in [3.63, 3.8) is 0 Å². The predicted molar refractivity (Wildman–Crippen MR) is 104 cm³/mol. The van der Waals surface area contributed by atoms with E-state index in [-0.39, 0.29) is 16.8 Å². The highest BCUT2D eigenvalue weighted by Crippen LogP contribution is 2.27. The van der Waals surface area contributed by atoms with Gasteiger partial charge in [0.15, 0.2) is 5.78 Å². The van der Waals surface area contributed by atoms with E-state index in [1.165, 1.54) is 18.9 Å². The third-order valence-electron chi connectivity index (χ3n) is 3.74. The number of ketones is 2. The van der Waals surface area contributed by atoms with Gasteiger partial charge in [-0.2, -0.15) is 11.8 Å². The molecule has 7 nitrogen and oxygen atoms in total. The zero-order valence-electron chi connectivity index (χ0n) is 16.4. The van der Waals surface area contributed by atoms with Crippen molar-refractivity contribution in [1.82, 2.24) is 5.32 Å². The van der Waals surface area contributed by atoms with Crippen molar-refractivity contribution >= 4 is 35.4 Å².